The summed E-state index contributed by atoms with van der Waals surface area (Å²) in [5.41, 5.74) is -0.355. The van der Waals surface area contributed by atoms with E-state index in [4.69, 9.17) is 0 Å². The summed E-state index contributed by atoms with van der Waals surface area (Å²) in [6.07, 6.45) is 2.19. The standard InChI is InChI=1S/C16H24N2O2S/c1-16(2,3)15(20)17-12-6-8-18(9-7-12)14(19)11-13-5-4-10-21-13/h4-5,10,12H,6-9,11H2,1-3H3,(H,17,20). The minimum Gasteiger partial charge on any atom is -0.353 e. The van der Waals surface area contributed by atoms with Gasteiger partial charge in [0.05, 0.1) is 6.42 Å². The first-order valence-corrected chi connectivity index (χ1v) is 8.35. The van der Waals surface area contributed by atoms with Gasteiger partial charge in [-0.25, -0.2) is 0 Å². The van der Waals surface area contributed by atoms with Crippen molar-refractivity contribution in [1.29, 1.82) is 0 Å². The van der Waals surface area contributed by atoms with Gasteiger partial charge in [0.2, 0.25) is 11.8 Å². The van der Waals surface area contributed by atoms with Crippen LogP contribution >= 0.6 is 11.3 Å². The topological polar surface area (TPSA) is 49.4 Å². The molecule has 0 saturated carbocycles. The van der Waals surface area contributed by atoms with E-state index in [1.807, 2.05) is 43.2 Å². The zero-order valence-corrected chi connectivity index (χ0v) is 13.8. The Hall–Kier alpha value is -1.36. The molecule has 0 radical (unpaired) electrons. The highest BCUT2D eigenvalue weighted by molar-refractivity contribution is 7.10. The smallest absolute Gasteiger partial charge is 0.227 e. The molecular weight excluding hydrogens is 284 g/mol. The molecule has 0 unspecified atom stereocenters. The highest BCUT2D eigenvalue weighted by atomic mass is 32.1. The van der Waals surface area contributed by atoms with Crippen LogP contribution in [0.2, 0.25) is 0 Å². The average Bonchev–Trinajstić information content (AvgIpc) is 2.91. The van der Waals surface area contributed by atoms with Gasteiger partial charge in [0.15, 0.2) is 0 Å². The van der Waals surface area contributed by atoms with Gasteiger partial charge in [-0.1, -0.05) is 26.8 Å². The lowest BCUT2D eigenvalue weighted by molar-refractivity contribution is -0.132. The molecule has 21 heavy (non-hydrogen) atoms. The first kappa shape index (κ1) is 16.0. The Kier molecular flexibility index (Phi) is 5.04. The molecule has 2 heterocycles. The second-order valence-corrected chi connectivity index (χ2v) is 7.67. The Labute approximate surface area is 130 Å². The van der Waals surface area contributed by atoms with E-state index in [1.165, 1.54) is 0 Å². The molecule has 0 bridgehead atoms. The van der Waals surface area contributed by atoms with Crippen molar-refractivity contribution < 1.29 is 9.59 Å². The largest absolute Gasteiger partial charge is 0.353 e. The molecule has 4 nitrogen and oxygen atoms in total. The Morgan fingerprint density at radius 1 is 1.33 bits per heavy atom. The highest BCUT2D eigenvalue weighted by Gasteiger charge is 2.27. The molecular formula is C16H24N2O2S. The Balaban J connectivity index is 1.78. The third-order valence-corrected chi connectivity index (χ3v) is 4.65. The van der Waals surface area contributed by atoms with Crippen LogP contribution in [0.4, 0.5) is 0 Å². The van der Waals surface area contributed by atoms with Crippen molar-refractivity contribution in [3.05, 3.63) is 22.4 Å². The van der Waals surface area contributed by atoms with Crippen LogP contribution in [0.15, 0.2) is 17.5 Å². The van der Waals surface area contributed by atoms with Gasteiger partial charge in [0, 0.05) is 29.4 Å². The van der Waals surface area contributed by atoms with Crippen LogP contribution in [0, 0.1) is 5.41 Å². The molecule has 5 heteroatoms. The molecule has 0 spiro atoms. The zero-order chi connectivity index (χ0) is 15.5. The quantitative estimate of drug-likeness (QED) is 0.932. The van der Waals surface area contributed by atoms with Crippen molar-refractivity contribution in [3.63, 3.8) is 0 Å². The van der Waals surface area contributed by atoms with Crippen molar-refractivity contribution in [3.8, 4) is 0 Å². The van der Waals surface area contributed by atoms with E-state index >= 15 is 0 Å². The molecule has 1 N–H and O–H groups in total. The molecule has 1 aromatic heterocycles. The van der Waals surface area contributed by atoms with Crippen LogP contribution in [0.3, 0.4) is 0 Å². The van der Waals surface area contributed by atoms with E-state index in [-0.39, 0.29) is 23.3 Å². The number of thiophene rings is 1. The summed E-state index contributed by atoms with van der Waals surface area (Å²) >= 11 is 1.62. The van der Waals surface area contributed by atoms with Gasteiger partial charge in [-0.2, -0.15) is 0 Å². The molecule has 1 aliphatic heterocycles. The molecule has 0 atom stereocenters. The maximum atomic E-state index is 12.2. The number of likely N-dealkylation sites (tertiary alicyclic amines) is 1. The maximum Gasteiger partial charge on any atom is 0.227 e. The number of hydrogen-bond acceptors (Lipinski definition) is 3. The zero-order valence-electron chi connectivity index (χ0n) is 13.0. The predicted octanol–water partition coefficient (Wildman–Crippen LogP) is 2.44. The number of nitrogens with zero attached hydrogens (tertiary/aromatic N) is 1. The van der Waals surface area contributed by atoms with E-state index in [0.717, 1.165) is 30.8 Å². The lowest BCUT2D eigenvalue weighted by Gasteiger charge is -2.33. The summed E-state index contributed by atoms with van der Waals surface area (Å²) in [6.45, 7) is 7.23. The van der Waals surface area contributed by atoms with Gasteiger partial charge >= 0.3 is 0 Å². The summed E-state index contributed by atoms with van der Waals surface area (Å²) in [4.78, 5) is 27.2. The summed E-state index contributed by atoms with van der Waals surface area (Å²) < 4.78 is 0. The molecule has 0 aliphatic carbocycles. The van der Waals surface area contributed by atoms with E-state index in [0.29, 0.717) is 6.42 Å². The fraction of sp³-hybridized carbons (Fsp3) is 0.625. The van der Waals surface area contributed by atoms with Crippen LogP contribution in [-0.2, 0) is 16.0 Å². The van der Waals surface area contributed by atoms with E-state index in [1.54, 1.807) is 11.3 Å². The number of piperidine rings is 1. The van der Waals surface area contributed by atoms with Crippen molar-refractivity contribution in [2.75, 3.05) is 13.1 Å². The highest BCUT2D eigenvalue weighted by Crippen LogP contribution is 2.17. The first-order chi connectivity index (χ1) is 9.86. The monoisotopic (exact) mass is 308 g/mol. The summed E-state index contributed by atoms with van der Waals surface area (Å²) in [5.74, 6) is 0.281. The summed E-state index contributed by atoms with van der Waals surface area (Å²) in [7, 11) is 0. The SMILES string of the molecule is CC(C)(C)C(=O)NC1CCN(C(=O)Cc2cccs2)CC1. The first-order valence-electron chi connectivity index (χ1n) is 7.47. The number of carbonyl (C=O) groups excluding carboxylic acids is 2. The Bertz CT molecular complexity index is 483. The molecule has 1 fully saturated rings. The van der Waals surface area contributed by atoms with Crippen LogP contribution in [0.25, 0.3) is 0 Å². The molecule has 2 amide bonds. The third-order valence-electron chi connectivity index (χ3n) is 3.77. The number of amides is 2. The Morgan fingerprint density at radius 2 is 2.00 bits per heavy atom. The van der Waals surface area contributed by atoms with Crippen LogP contribution < -0.4 is 5.32 Å². The average molecular weight is 308 g/mol. The van der Waals surface area contributed by atoms with Crippen molar-refractivity contribution in [1.82, 2.24) is 10.2 Å². The summed E-state index contributed by atoms with van der Waals surface area (Å²) in [6, 6.07) is 4.17. The predicted molar refractivity (Wildman–Crippen MR) is 85.2 cm³/mol. The normalized spacial score (nSPS) is 16.8. The molecule has 116 valence electrons. The lowest BCUT2D eigenvalue weighted by Crippen LogP contribution is -2.49. The van der Waals surface area contributed by atoms with Gasteiger partial charge in [-0.15, -0.1) is 11.3 Å². The number of rotatable bonds is 3. The second kappa shape index (κ2) is 6.60. The van der Waals surface area contributed by atoms with Crippen molar-refractivity contribution >= 4 is 23.2 Å². The van der Waals surface area contributed by atoms with Gasteiger partial charge < -0.3 is 10.2 Å². The van der Waals surface area contributed by atoms with Gasteiger partial charge in [-0.3, -0.25) is 9.59 Å². The Morgan fingerprint density at radius 3 is 2.52 bits per heavy atom. The molecule has 1 aliphatic rings. The second-order valence-electron chi connectivity index (χ2n) is 6.63. The summed E-state index contributed by atoms with van der Waals surface area (Å²) in [5, 5.41) is 5.09. The number of nitrogens with one attached hydrogen (secondary N) is 1. The number of hydrogen-bond donors (Lipinski definition) is 1. The minimum absolute atomic E-state index is 0.0888. The minimum atomic E-state index is -0.355. The van der Waals surface area contributed by atoms with Crippen LogP contribution in [0.5, 0.6) is 0 Å². The van der Waals surface area contributed by atoms with Crippen molar-refractivity contribution in [2.45, 2.75) is 46.1 Å². The van der Waals surface area contributed by atoms with Gasteiger partial charge in [-0.05, 0) is 24.3 Å². The van der Waals surface area contributed by atoms with Gasteiger partial charge in [0.25, 0.3) is 0 Å². The fourth-order valence-corrected chi connectivity index (χ4v) is 3.05. The van der Waals surface area contributed by atoms with Crippen molar-refractivity contribution in [2.24, 2.45) is 5.41 Å². The molecule has 2 rings (SSSR count). The number of carbonyl (C=O) groups is 2. The molecule has 1 saturated heterocycles. The van der Waals surface area contributed by atoms with Crippen LogP contribution in [-0.4, -0.2) is 35.8 Å². The van der Waals surface area contributed by atoms with E-state index in [9.17, 15) is 9.59 Å². The van der Waals surface area contributed by atoms with E-state index in [2.05, 4.69) is 5.32 Å². The molecule has 0 aromatic carbocycles. The van der Waals surface area contributed by atoms with E-state index < -0.39 is 0 Å². The van der Waals surface area contributed by atoms with Gasteiger partial charge in [0.1, 0.15) is 0 Å². The molecule has 1 aromatic rings. The van der Waals surface area contributed by atoms with Crippen LogP contribution in [0.1, 0.15) is 38.5 Å². The third kappa shape index (κ3) is 4.56. The maximum absolute atomic E-state index is 12.2. The lowest BCUT2D eigenvalue weighted by atomic mass is 9.94. The fourth-order valence-electron chi connectivity index (χ4n) is 2.35.